The van der Waals surface area contributed by atoms with Gasteiger partial charge in [0.15, 0.2) is 0 Å². The minimum Gasteiger partial charge on any atom is -0.410 e. The van der Waals surface area contributed by atoms with Crippen molar-refractivity contribution in [3.05, 3.63) is 22.7 Å². The summed E-state index contributed by atoms with van der Waals surface area (Å²) >= 11 is 3.20. The predicted octanol–water partition coefficient (Wildman–Crippen LogP) is 1.49. The first kappa shape index (κ1) is 8.86. The number of hydrogen-bond donors (Lipinski definition) is 2. The van der Waals surface area contributed by atoms with Crippen LogP contribution in [0, 0.1) is 0 Å². The second-order valence-electron chi connectivity index (χ2n) is 2.10. The van der Waals surface area contributed by atoms with Crippen molar-refractivity contribution in [2.24, 2.45) is 5.73 Å². The molecule has 0 radical (unpaired) electrons. The average Bonchev–Trinajstić information content (AvgIpc) is 1.96. The summed E-state index contributed by atoms with van der Waals surface area (Å²) in [4.78, 5) is 10.3. The Kier molecular flexibility index (Phi) is 2.54. The van der Waals surface area contributed by atoms with Gasteiger partial charge in [-0.15, -0.1) is 0 Å². The number of ether oxygens (including phenoxy) is 1. The van der Waals surface area contributed by atoms with Crippen LogP contribution in [0.5, 0.6) is 5.75 Å². The molecule has 1 amide bonds. The molecule has 0 heterocycles. The summed E-state index contributed by atoms with van der Waals surface area (Å²) in [7, 11) is 0. The summed E-state index contributed by atoms with van der Waals surface area (Å²) in [6, 6.07) is 4.77. The lowest BCUT2D eigenvalue weighted by atomic mass is 10.3. The summed E-state index contributed by atoms with van der Waals surface area (Å²) in [5.74, 6) is 0.336. The quantitative estimate of drug-likeness (QED) is 0.718. The van der Waals surface area contributed by atoms with Crippen molar-refractivity contribution in [2.45, 2.75) is 0 Å². The van der Waals surface area contributed by atoms with Gasteiger partial charge in [0.1, 0.15) is 5.75 Å². The zero-order valence-electron chi connectivity index (χ0n) is 6.08. The highest BCUT2D eigenvalue weighted by atomic mass is 79.9. The molecule has 0 bridgehead atoms. The molecule has 5 heteroatoms. The Bertz CT molecular complexity index is 314. The molecule has 12 heavy (non-hydrogen) atoms. The van der Waals surface area contributed by atoms with Crippen molar-refractivity contribution in [2.75, 3.05) is 5.73 Å². The molecule has 1 aromatic rings. The highest BCUT2D eigenvalue weighted by Gasteiger charge is 2.00. The number of amides is 1. The molecule has 0 aliphatic heterocycles. The lowest BCUT2D eigenvalue weighted by Crippen LogP contribution is -2.16. The summed E-state index contributed by atoms with van der Waals surface area (Å²) in [5.41, 5.74) is 10.8. The van der Waals surface area contributed by atoms with Gasteiger partial charge in [-0.1, -0.05) is 0 Å². The van der Waals surface area contributed by atoms with Gasteiger partial charge < -0.3 is 16.2 Å². The molecule has 0 unspecified atom stereocenters. The van der Waals surface area contributed by atoms with E-state index >= 15 is 0 Å². The maximum Gasteiger partial charge on any atom is 0.409 e. The number of carbonyl (C=O) groups is 1. The van der Waals surface area contributed by atoms with Gasteiger partial charge in [0.05, 0.1) is 0 Å². The largest absolute Gasteiger partial charge is 0.410 e. The molecule has 4 nitrogen and oxygen atoms in total. The van der Waals surface area contributed by atoms with Crippen molar-refractivity contribution in [3.63, 3.8) is 0 Å². The van der Waals surface area contributed by atoms with E-state index in [1.807, 2.05) is 0 Å². The van der Waals surface area contributed by atoms with Gasteiger partial charge in [-0.05, 0) is 28.1 Å². The van der Waals surface area contributed by atoms with Crippen LogP contribution in [0.15, 0.2) is 22.7 Å². The summed E-state index contributed by atoms with van der Waals surface area (Å²) in [6.07, 6.45) is -0.850. The van der Waals surface area contributed by atoms with Crippen LogP contribution in [0.1, 0.15) is 0 Å². The molecule has 4 N–H and O–H groups in total. The second kappa shape index (κ2) is 3.44. The first-order valence-corrected chi connectivity index (χ1v) is 3.91. The zero-order valence-corrected chi connectivity index (χ0v) is 7.67. The minimum atomic E-state index is -0.850. The third-order valence-corrected chi connectivity index (χ3v) is 1.91. The molecule has 0 aromatic heterocycles. The molecule has 1 rings (SSSR count). The number of nitrogens with two attached hydrogens (primary N) is 2. The molecule has 0 spiro atoms. The fraction of sp³-hybridized carbons (Fsp3) is 0. The van der Waals surface area contributed by atoms with E-state index in [1.54, 1.807) is 12.1 Å². The molecule has 64 valence electrons. The van der Waals surface area contributed by atoms with E-state index in [-0.39, 0.29) is 0 Å². The predicted molar refractivity (Wildman–Crippen MR) is 48.8 cm³/mol. The average molecular weight is 231 g/mol. The van der Waals surface area contributed by atoms with Gasteiger partial charge in [-0.2, -0.15) is 0 Å². The van der Waals surface area contributed by atoms with Crippen LogP contribution in [0.3, 0.4) is 0 Å². The molecule has 0 aliphatic rings. The second-order valence-corrected chi connectivity index (χ2v) is 2.96. The number of carbonyl (C=O) groups excluding carboxylic acids is 1. The minimum absolute atomic E-state index is 0.336. The Balaban J connectivity index is 2.89. The van der Waals surface area contributed by atoms with Crippen LogP contribution >= 0.6 is 15.9 Å². The van der Waals surface area contributed by atoms with Gasteiger partial charge in [-0.25, -0.2) is 4.79 Å². The number of nitrogen functional groups attached to an aromatic ring is 1. The first-order chi connectivity index (χ1) is 5.59. The Morgan fingerprint density at radius 1 is 1.50 bits per heavy atom. The highest BCUT2D eigenvalue weighted by molar-refractivity contribution is 9.10. The van der Waals surface area contributed by atoms with Crippen LogP contribution in [-0.2, 0) is 0 Å². The van der Waals surface area contributed by atoms with Crippen LogP contribution in [0.4, 0.5) is 10.5 Å². The first-order valence-electron chi connectivity index (χ1n) is 3.12. The molecular formula is C7H7BrN2O2. The Morgan fingerprint density at radius 2 is 2.17 bits per heavy atom. The Labute approximate surface area is 77.6 Å². The van der Waals surface area contributed by atoms with Crippen molar-refractivity contribution < 1.29 is 9.53 Å². The molecule has 0 atom stereocenters. The topological polar surface area (TPSA) is 78.3 Å². The van der Waals surface area contributed by atoms with Crippen LogP contribution in [0.25, 0.3) is 0 Å². The number of hydrogen-bond acceptors (Lipinski definition) is 3. The summed E-state index contributed by atoms with van der Waals surface area (Å²) < 4.78 is 5.34. The van der Waals surface area contributed by atoms with E-state index in [0.717, 1.165) is 4.47 Å². The van der Waals surface area contributed by atoms with E-state index in [4.69, 9.17) is 11.5 Å². The Hall–Kier alpha value is -1.23. The van der Waals surface area contributed by atoms with Crippen molar-refractivity contribution in [1.82, 2.24) is 0 Å². The van der Waals surface area contributed by atoms with Gasteiger partial charge in [0, 0.05) is 16.2 Å². The zero-order chi connectivity index (χ0) is 9.14. The highest BCUT2D eigenvalue weighted by Crippen LogP contribution is 2.24. The maximum atomic E-state index is 10.3. The van der Waals surface area contributed by atoms with Crippen molar-refractivity contribution in [1.29, 1.82) is 0 Å². The molecule has 1 aromatic carbocycles. The number of primary amides is 1. The summed E-state index contributed by atoms with van der Waals surface area (Å²) in [6.45, 7) is 0. The van der Waals surface area contributed by atoms with Crippen LogP contribution < -0.4 is 16.2 Å². The SMILES string of the molecule is NC(=O)Oc1ccc(Br)c(N)c1. The van der Waals surface area contributed by atoms with Gasteiger partial charge in [-0.3, -0.25) is 0 Å². The lowest BCUT2D eigenvalue weighted by Gasteiger charge is -2.02. The molecule has 0 saturated heterocycles. The molecular weight excluding hydrogens is 224 g/mol. The fourth-order valence-corrected chi connectivity index (χ4v) is 0.948. The van der Waals surface area contributed by atoms with Crippen LogP contribution in [0.2, 0.25) is 0 Å². The van der Waals surface area contributed by atoms with Gasteiger partial charge >= 0.3 is 6.09 Å². The smallest absolute Gasteiger partial charge is 0.409 e. The van der Waals surface area contributed by atoms with Gasteiger partial charge in [0.2, 0.25) is 0 Å². The Morgan fingerprint density at radius 3 is 2.67 bits per heavy atom. The fourth-order valence-electron chi connectivity index (χ4n) is 0.701. The normalized spacial score (nSPS) is 9.42. The molecule has 0 fully saturated rings. The van der Waals surface area contributed by atoms with E-state index in [9.17, 15) is 4.79 Å². The third kappa shape index (κ3) is 2.13. The molecule has 0 saturated carbocycles. The van der Waals surface area contributed by atoms with Crippen molar-refractivity contribution in [3.8, 4) is 5.75 Å². The molecule has 0 aliphatic carbocycles. The number of benzene rings is 1. The van der Waals surface area contributed by atoms with Crippen molar-refractivity contribution >= 4 is 27.7 Å². The van der Waals surface area contributed by atoms with E-state index in [0.29, 0.717) is 11.4 Å². The third-order valence-electron chi connectivity index (χ3n) is 1.19. The number of rotatable bonds is 1. The van der Waals surface area contributed by atoms with E-state index in [1.165, 1.54) is 6.07 Å². The lowest BCUT2D eigenvalue weighted by molar-refractivity contribution is 0.211. The maximum absolute atomic E-state index is 10.3. The van der Waals surface area contributed by atoms with Gasteiger partial charge in [0.25, 0.3) is 0 Å². The summed E-state index contributed by atoms with van der Waals surface area (Å²) in [5, 5.41) is 0. The number of anilines is 1. The van der Waals surface area contributed by atoms with Crippen LogP contribution in [-0.4, -0.2) is 6.09 Å². The van der Waals surface area contributed by atoms with E-state index in [2.05, 4.69) is 20.7 Å². The standard InChI is InChI=1S/C7H7BrN2O2/c8-5-2-1-4(3-6(5)9)12-7(10)11/h1-3H,9H2,(H2,10,11). The monoisotopic (exact) mass is 230 g/mol. The van der Waals surface area contributed by atoms with E-state index < -0.39 is 6.09 Å². The number of halogens is 1.